The lowest BCUT2D eigenvalue weighted by molar-refractivity contribution is 0.200. The average Bonchev–Trinajstić information content (AvgIpc) is 2.03. The Bertz CT molecular complexity index is 155. The SMILES string of the molecule is O=[P+](OC(S)CCS)OC(S)CCS. The smallest absolute Gasteiger partial charge is 0.179 e. The van der Waals surface area contributed by atoms with Crippen molar-refractivity contribution in [1.82, 2.24) is 0 Å². The minimum absolute atomic E-state index is 0.410. The standard InChI is InChI=1S/C6H13O3PS4/c7-10(8-5(13)1-3-11)9-6(14)2-4-12/h5-6H,1-4H2,(H3-,11,12,13,14)/p+1. The van der Waals surface area contributed by atoms with Gasteiger partial charge in [-0.2, -0.15) is 25.3 Å². The molecule has 0 amide bonds. The summed E-state index contributed by atoms with van der Waals surface area (Å²) in [7, 11) is -2.15. The molecule has 0 aliphatic heterocycles. The predicted molar refractivity (Wildman–Crippen MR) is 72.3 cm³/mol. The van der Waals surface area contributed by atoms with Crippen molar-refractivity contribution in [2.75, 3.05) is 11.5 Å². The summed E-state index contributed by atoms with van der Waals surface area (Å²) in [6, 6.07) is 0. The van der Waals surface area contributed by atoms with E-state index in [4.69, 9.17) is 9.05 Å². The molecule has 2 atom stereocenters. The van der Waals surface area contributed by atoms with Crippen LogP contribution in [0.5, 0.6) is 0 Å². The maximum absolute atomic E-state index is 11.2. The number of rotatable bonds is 8. The van der Waals surface area contributed by atoms with Gasteiger partial charge in [-0.05, 0) is 24.3 Å². The highest BCUT2D eigenvalue weighted by atomic mass is 32.1. The van der Waals surface area contributed by atoms with Crippen LogP contribution < -0.4 is 0 Å². The molecule has 0 fully saturated rings. The van der Waals surface area contributed by atoms with Crippen LogP contribution in [-0.4, -0.2) is 22.4 Å². The highest BCUT2D eigenvalue weighted by Gasteiger charge is 2.28. The van der Waals surface area contributed by atoms with Crippen LogP contribution in [0.2, 0.25) is 0 Å². The van der Waals surface area contributed by atoms with Crippen LogP contribution in [0.25, 0.3) is 0 Å². The van der Waals surface area contributed by atoms with E-state index in [-0.39, 0.29) is 0 Å². The lowest BCUT2D eigenvalue weighted by Crippen LogP contribution is -2.05. The quantitative estimate of drug-likeness (QED) is 0.316. The predicted octanol–water partition coefficient (Wildman–Crippen LogP) is 2.83. The fourth-order valence-electron chi connectivity index (χ4n) is 0.550. The van der Waals surface area contributed by atoms with Crippen molar-refractivity contribution in [3.8, 4) is 0 Å². The monoisotopic (exact) mass is 293 g/mol. The molecule has 0 aliphatic rings. The normalized spacial score (nSPS) is 16.4. The summed E-state index contributed by atoms with van der Waals surface area (Å²) in [6.07, 6.45) is 1.22. The Morgan fingerprint density at radius 1 is 1.00 bits per heavy atom. The Morgan fingerprint density at radius 2 is 1.36 bits per heavy atom. The molecule has 0 saturated heterocycles. The molecule has 0 aromatic carbocycles. The third-order valence-electron chi connectivity index (χ3n) is 1.17. The first-order valence-electron chi connectivity index (χ1n) is 3.98. The molecule has 2 unspecified atom stereocenters. The van der Waals surface area contributed by atoms with E-state index < -0.39 is 19.1 Å². The zero-order chi connectivity index (χ0) is 11.0. The van der Waals surface area contributed by atoms with Crippen LogP contribution in [0.4, 0.5) is 0 Å². The Labute approximate surface area is 107 Å². The van der Waals surface area contributed by atoms with Gasteiger partial charge in [-0.1, -0.05) is 0 Å². The Morgan fingerprint density at radius 3 is 1.64 bits per heavy atom. The van der Waals surface area contributed by atoms with Crippen molar-refractivity contribution in [2.45, 2.75) is 23.7 Å². The van der Waals surface area contributed by atoms with Gasteiger partial charge in [0.15, 0.2) is 10.9 Å². The van der Waals surface area contributed by atoms with Crippen LogP contribution in [0.1, 0.15) is 12.8 Å². The van der Waals surface area contributed by atoms with Crippen molar-refractivity contribution in [2.24, 2.45) is 0 Å². The summed E-state index contributed by atoms with van der Waals surface area (Å²) in [5, 5.41) is 0. The molecule has 0 aliphatic carbocycles. The van der Waals surface area contributed by atoms with Crippen molar-refractivity contribution in [3.05, 3.63) is 0 Å². The van der Waals surface area contributed by atoms with Crippen LogP contribution >= 0.6 is 58.8 Å². The van der Waals surface area contributed by atoms with Crippen molar-refractivity contribution >= 4 is 58.8 Å². The third kappa shape index (κ3) is 8.71. The summed E-state index contributed by atoms with van der Waals surface area (Å²) in [4.78, 5) is 0. The first kappa shape index (κ1) is 15.4. The Balaban J connectivity index is 3.63. The fraction of sp³-hybridized carbons (Fsp3) is 1.00. The van der Waals surface area contributed by atoms with E-state index in [0.29, 0.717) is 24.3 Å². The Kier molecular flexibility index (Phi) is 10.6. The van der Waals surface area contributed by atoms with Crippen molar-refractivity contribution in [3.63, 3.8) is 0 Å². The zero-order valence-electron chi connectivity index (χ0n) is 7.44. The molecule has 0 N–H and O–H groups in total. The van der Waals surface area contributed by atoms with Gasteiger partial charge in [-0.15, -0.1) is 34.3 Å². The number of hydrogen-bond donors (Lipinski definition) is 4. The van der Waals surface area contributed by atoms with Gasteiger partial charge in [-0.25, -0.2) is 0 Å². The molecule has 0 rings (SSSR count). The molecule has 0 radical (unpaired) electrons. The number of thiol groups is 4. The van der Waals surface area contributed by atoms with Gasteiger partial charge < -0.3 is 0 Å². The highest BCUT2D eigenvalue weighted by Crippen LogP contribution is 2.32. The van der Waals surface area contributed by atoms with E-state index in [1.54, 1.807) is 0 Å². The van der Waals surface area contributed by atoms with E-state index >= 15 is 0 Å². The zero-order valence-corrected chi connectivity index (χ0v) is 11.9. The van der Waals surface area contributed by atoms with E-state index in [0.717, 1.165) is 0 Å². The molecule has 0 aromatic heterocycles. The third-order valence-corrected chi connectivity index (χ3v) is 3.60. The molecule has 0 bridgehead atoms. The molecular formula is C6H14O3PS4+. The summed E-state index contributed by atoms with van der Waals surface area (Å²) >= 11 is 16.1. The first-order chi connectivity index (χ1) is 6.60. The first-order valence-corrected chi connectivity index (χ1v) is 7.38. The van der Waals surface area contributed by atoms with Gasteiger partial charge in [0.05, 0.1) is 0 Å². The largest absolute Gasteiger partial charge is 0.699 e. The second-order valence-corrected chi connectivity index (χ2v) is 5.28. The average molecular weight is 293 g/mol. The van der Waals surface area contributed by atoms with Gasteiger partial charge in [0.1, 0.15) is 0 Å². The van der Waals surface area contributed by atoms with Gasteiger partial charge in [0.25, 0.3) is 0 Å². The van der Waals surface area contributed by atoms with Crippen LogP contribution in [0.15, 0.2) is 0 Å². The van der Waals surface area contributed by atoms with Crippen LogP contribution in [-0.2, 0) is 13.6 Å². The molecule has 0 heterocycles. The van der Waals surface area contributed by atoms with Crippen molar-refractivity contribution in [1.29, 1.82) is 0 Å². The summed E-state index contributed by atoms with van der Waals surface area (Å²) in [5.74, 6) is 1.25. The molecule has 0 saturated carbocycles. The lowest BCUT2D eigenvalue weighted by Gasteiger charge is -2.02. The minimum Gasteiger partial charge on any atom is -0.179 e. The number of hydrogen-bond acceptors (Lipinski definition) is 7. The van der Waals surface area contributed by atoms with Gasteiger partial charge in [-0.3, -0.25) is 0 Å². The fourth-order valence-corrected chi connectivity index (χ4v) is 2.80. The minimum atomic E-state index is -2.15. The molecule has 0 aromatic rings. The van der Waals surface area contributed by atoms with Gasteiger partial charge in [0.2, 0.25) is 0 Å². The second-order valence-electron chi connectivity index (χ2n) is 2.37. The van der Waals surface area contributed by atoms with E-state index in [1.165, 1.54) is 0 Å². The second kappa shape index (κ2) is 9.63. The summed E-state index contributed by atoms with van der Waals surface area (Å²) < 4.78 is 21.0. The summed E-state index contributed by atoms with van der Waals surface area (Å²) in [5.41, 5.74) is -0.819. The molecular weight excluding hydrogens is 279 g/mol. The van der Waals surface area contributed by atoms with Crippen molar-refractivity contribution < 1.29 is 13.6 Å². The molecule has 3 nitrogen and oxygen atoms in total. The van der Waals surface area contributed by atoms with Crippen LogP contribution in [0.3, 0.4) is 0 Å². The van der Waals surface area contributed by atoms with E-state index in [1.807, 2.05) is 0 Å². The van der Waals surface area contributed by atoms with Crippen LogP contribution in [0, 0.1) is 0 Å². The molecule has 84 valence electrons. The summed E-state index contributed by atoms with van der Waals surface area (Å²) in [6.45, 7) is 0. The van der Waals surface area contributed by atoms with Gasteiger partial charge >= 0.3 is 8.25 Å². The maximum atomic E-state index is 11.2. The lowest BCUT2D eigenvalue weighted by atomic mass is 10.5. The molecule has 8 heteroatoms. The maximum Gasteiger partial charge on any atom is 0.699 e. The van der Waals surface area contributed by atoms with Gasteiger partial charge in [0, 0.05) is 4.57 Å². The topological polar surface area (TPSA) is 35.5 Å². The Hall–Kier alpha value is 1.42. The molecule has 14 heavy (non-hydrogen) atoms. The highest BCUT2D eigenvalue weighted by molar-refractivity contribution is 7.82. The van der Waals surface area contributed by atoms with E-state index in [2.05, 4.69) is 50.5 Å². The van der Waals surface area contributed by atoms with E-state index in [9.17, 15) is 4.57 Å². The molecule has 0 spiro atoms.